The number of ether oxygens (including phenoxy) is 8. The molecule has 3 aromatic heterocycles. The highest BCUT2D eigenvalue weighted by Crippen LogP contribution is 2.48. The Bertz CT molecular complexity index is 5990. The second-order valence-corrected chi connectivity index (χ2v) is 29.1. The second kappa shape index (κ2) is 31.4. The summed E-state index contributed by atoms with van der Waals surface area (Å²) in [4.78, 5) is 12.8. The molecule has 16 aromatic carbocycles. The predicted molar refractivity (Wildman–Crippen MR) is 487 cm³/mol. The molecule has 0 aliphatic heterocycles. The summed E-state index contributed by atoms with van der Waals surface area (Å²) in [6, 6.07) is 124. The standard InChI is InChI=1S/C104H83N7O8/c1-112-85-39-19-71(20-40-85)106(72-21-41-86(113-2)42-22-72)81-35-57-101-95(63-81)96-64-82(107(73-23-43-87(114-3)44-24-73)74-25-45-88(115-4)46-26-74)36-58-102(96)110(101)79-15-9-67(10-16-79)69-13-55-99-93(61-69)94-62-70(14-56-100(94)105-99)68-11-17-80(18-12-68)111-103-59-37-83(108(75-27-47-89(116-5)48-28-75)76-29-49-90(117-6)50-30-76)65-97(103)98-66-84(38-60-104(98)111)109(77-31-51-91(118-7)52-32-77)78-33-53-92(119-8)54-34-78/h9-66,105H,1-8H3. The van der Waals surface area contributed by atoms with Crippen LogP contribution in [0.25, 0.3) is 99.0 Å². The highest BCUT2D eigenvalue weighted by Gasteiger charge is 2.25. The van der Waals surface area contributed by atoms with Gasteiger partial charge in [-0.15, -0.1) is 0 Å². The van der Waals surface area contributed by atoms with Gasteiger partial charge in [-0.2, -0.15) is 0 Å². The molecule has 15 nitrogen and oxygen atoms in total. The monoisotopic (exact) mass is 1560 g/mol. The van der Waals surface area contributed by atoms with Gasteiger partial charge in [0, 0.05) is 123 Å². The summed E-state index contributed by atoms with van der Waals surface area (Å²) in [7, 11) is 13.5. The van der Waals surface area contributed by atoms with Crippen LogP contribution in [0.5, 0.6) is 46.0 Å². The maximum absolute atomic E-state index is 5.65. The van der Waals surface area contributed by atoms with E-state index in [1.54, 1.807) is 56.9 Å². The third-order valence-corrected chi connectivity index (χ3v) is 22.7. The molecule has 0 spiro atoms. The van der Waals surface area contributed by atoms with Crippen molar-refractivity contribution in [3.05, 3.63) is 352 Å². The lowest BCUT2D eigenvalue weighted by molar-refractivity contribution is 0.414. The largest absolute Gasteiger partial charge is 0.497 e. The van der Waals surface area contributed by atoms with Gasteiger partial charge < -0.3 is 71.6 Å². The minimum atomic E-state index is 0.776. The van der Waals surface area contributed by atoms with Crippen LogP contribution in [0.4, 0.5) is 68.2 Å². The lowest BCUT2D eigenvalue weighted by Gasteiger charge is -2.26. The topological polar surface area (TPSA) is 112 Å². The van der Waals surface area contributed by atoms with Gasteiger partial charge in [0.05, 0.1) is 78.9 Å². The lowest BCUT2D eigenvalue weighted by atomic mass is 10.00. The molecule has 0 radical (unpaired) electrons. The Morgan fingerprint density at radius 3 is 0.555 bits per heavy atom. The summed E-state index contributed by atoms with van der Waals surface area (Å²) in [5.41, 5.74) is 24.6. The molecule has 0 bridgehead atoms. The van der Waals surface area contributed by atoms with E-state index in [1.165, 1.54) is 0 Å². The number of aromatic nitrogens is 3. The van der Waals surface area contributed by atoms with Crippen LogP contribution in [0.3, 0.4) is 0 Å². The molecule has 15 heteroatoms. The molecule has 0 saturated heterocycles. The van der Waals surface area contributed by atoms with Crippen LogP contribution in [-0.4, -0.2) is 71.0 Å². The molecule has 19 aromatic rings. The molecule has 119 heavy (non-hydrogen) atoms. The zero-order valence-electron chi connectivity index (χ0n) is 66.9. The van der Waals surface area contributed by atoms with Crippen LogP contribution in [0, 0.1) is 0 Å². The van der Waals surface area contributed by atoms with Gasteiger partial charge in [0.1, 0.15) is 46.0 Å². The van der Waals surface area contributed by atoms with Gasteiger partial charge in [-0.05, 0) is 338 Å². The van der Waals surface area contributed by atoms with E-state index in [0.29, 0.717) is 0 Å². The van der Waals surface area contributed by atoms with E-state index < -0.39 is 0 Å². The van der Waals surface area contributed by atoms with Crippen molar-refractivity contribution < 1.29 is 37.9 Å². The number of rotatable bonds is 24. The highest BCUT2D eigenvalue weighted by atomic mass is 16.5. The van der Waals surface area contributed by atoms with Gasteiger partial charge in [0.25, 0.3) is 0 Å². The number of H-pyrrole nitrogens is 1. The number of nitrogens with one attached hydrogen (secondary N) is 1. The summed E-state index contributed by atoms with van der Waals surface area (Å²) < 4.78 is 50.0. The molecular weight excluding hydrogens is 1480 g/mol. The van der Waals surface area contributed by atoms with Crippen molar-refractivity contribution in [2.45, 2.75) is 0 Å². The van der Waals surface area contributed by atoms with E-state index in [-0.39, 0.29) is 0 Å². The van der Waals surface area contributed by atoms with E-state index >= 15 is 0 Å². The number of methoxy groups -OCH3 is 8. The normalized spacial score (nSPS) is 11.4. The fourth-order valence-corrected chi connectivity index (χ4v) is 16.6. The van der Waals surface area contributed by atoms with Crippen molar-refractivity contribution in [1.82, 2.24) is 14.1 Å². The molecule has 0 unspecified atom stereocenters. The maximum atomic E-state index is 5.65. The molecule has 1 N–H and O–H groups in total. The first-order valence-electron chi connectivity index (χ1n) is 39.3. The molecule has 0 amide bonds. The number of anilines is 12. The average molecular weight is 1560 g/mol. The smallest absolute Gasteiger partial charge is 0.119 e. The summed E-state index contributed by atoms with van der Waals surface area (Å²) in [6.45, 7) is 0. The predicted octanol–water partition coefficient (Wildman–Crippen LogP) is 26.8. The Kier molecular flexibility index (Phi) is 19.4. The van der Waals surface area contributed by atoms with E-state index in [1.807, 2.05) is 97.1 Å². The van der Waals surface area contributed by atoms with Gasteiger partial charge in [0.2, 0.25) is 0 Å². The van der Waals surface area contributed by atoms with Gasteiger partial charge in [-0.3, -0.25) is 0 Å². The third-order valence-electron chi connectivity index (χ3n) is 22.7. The lowest BCUT2D eigenvalue weighted by Crippen LogP contribution is -2.10. The summed E-state index contributed by atoms with van der Waals surface area (Å²) in [5.74, 6) is 6.21. The Labute approximate surface area is 689 Å². The number of fused-ring (bicyclic) bond motifs is 9. The molecule has 0 aliphatic carbocycles. The summed E-state index contributed by atoms with van der Waals surface area (Å²) >= 11 is 0. The van der Waals surface area contributed by atoms with E-state index in [9.17, 15) is 0 Å². The molecule has 582 valence electrons. The second-order valence-electron chi connectivity index (χ2n) is 29.1. The highest BCUT2D eigenvalue weighted by molar-refractivity contribution is 6.15. The van der Waals surface area contributed by atoms with Crippen LogP contribution in [-0.2, 0) is 0 Å². The first-order chi connectivity index (χ1) is 58.5. The van der Waals surface area contributed by atoms with Gasteiger partial charge in [-0.1, -0.05) is 36.4 Å². The summed E-state index contributed by atoms with van der Waals surface area (Å²) in [6.07, 6.45) is 0. The van der Waals surface area contributed by atoms with Crippen LogP contribution in [0.2, 0.25) is 0 Å². The van der Waals surface area contributed by atoms with Crippen molar-refractivity contribution in [1.29, 1.82) is 0 Å². The molecule has 3 heterocycles. The Hall–Kier alpha value is -15.5. The number of aromatic amines is 1. The van der Waals surface area contributed by atoms with Crippen molar-refractivity contribution in [2.24, 2.45) is 0 Å². The Morgan fingerprint density at radius 2 is 0.361 bits per heavy atom. The Morgan fingerprint density at radius 1 is 0.176 bits per heavy atom. The first-order valence-corrected chi connectivity index (χ1v) is 39.3. The van der Waals surface area contributed by atoms with Crippen LogP contribution in [0.15, 0.2) is 352 Å². The molecule has 0 aliphatic rings. The van der Waals surface area contributed by atoms with Gasteiger partial charge >= 0.3 is 0 Å². The van der Waals surface area contributed by atoms with E-state index in [4.69, 9.17) is 37.9 Å². The van der Waals surface area contributed by atoms with Crippen molar-refractivity contribution in [3.63, 3.8) is 0 Å². The van der Waals surface area contributed by atoms with Crippen molar-refractivity contribution in [2.75, 3.05) is 76.5 Å². The first kappa shape index (κ1) is 73.7. The van der Waals surface area contributed by atoms with Crippen molar-refractivity contribution >= 4 is 134 Å². The number of nitrogens with zero attached hydrogens (tertiary/aromatic N) is 6. The van der Waals surface area contributed by atoms with Crippen LogP contribution < -0.4 is 57.5 Å². The minimum Gasteiger partial charge on any atom is -0.497 e. The van der Waals surface area contributed by atoms with Crippen molar-refractivity contribution in [3.8, 4) is 79.6 Å². The summed E-state index contributed by atoms with van der Waals surface area (Å²) in [5, 5.41) is 6.59. The maximum Gasteiger partial charge on any atom is 0.119 e. The van der Waals surface area contributed by atoms with Crippen LogP contribution in [0.1, 0.15) is 0 Å². The SMILES string of the molecule is COc1ccc(N(c2ccc(OC)cc2)c2ccc3c(c2)c2cc(N(c4ccc(OC)cc4)c4ccc(OC)cc4)ccc2n3-c2ccc(-c3ccc4[nH]c5ccc(-c6ccc(-n7c8ccc(N(c9ccc(OC)cc9)c9ccc(OC)cc9)cc8c8cc(N(c9ccc(OC)cc9)c9ccc(OC)cc9)ccc87)cc6)cc5c4c3)cc2)cc1. The molecule has 0 saturated carbocycles. The fraction of sp³-hybridized carbons (Fsp3) is 0.0769. The molecular formula is C104H83N7O8. The quantitative estimate of drug-likeness (QED) is 0.0622. The minimum absolute atomic E-state index is 0.776. The zero-order valence-corrected chi connectivity index (χ0v) is 66.9. The number of hydrogen-bond donors (Lipinski definition) is 1. The van der Waals surface area contributed by atoms with Crippen LogP contribution >= 0.6 is 0 Å². The fourth-order valence-electron chi connectivity index (χ4n) is 16.6. The third kappa shape index (κ3) is 13.7. The van der Waals surface area contributed by atoms with E-state index in [0.717, 1.165) is 213 Å². The molecule has 0 atom stereocenters. The average Bonchev–Trinajstić information content (AvgIpc) is 1.59. The van der Waals surface area contributed by atoms with E-state index in [2.05, 4.69) is 289 Å². The molecule has 0 fully saturated rings. The number of hydrogen-bond acceptors (Lipinski definition) is 12. The molecule has 19 rings (SSSR count). The van der Waals surface area contributed by atoms with Gasteiger partial charge in [0.15, 0.2) is 0 Å². The number of benzene rings is 16. The zero-order chi connectivity index (χ0) is 80.8. The van der Waals surface area contributed by atoms with Gasteiger partial charge in [-0.25, -0.2) is 0 Å². The Balaban J connectivity index is 0.687.